The fraction of sp³-hybridized carbons (Fsp3) is 0.474. The summed E-state index contributed by atoms with van der Waals surface area (Å²) in [5, 5.41) is 1.00. The van der Waals surface area contributed by atoms with Crippen molar-refractivity contribution in [2.45, 2.75) is 57.7 Å². The molecule has 1 aliphatic heterocycles. The summed E-state index contributed by atoms with van der Waals surface area (Å²) in [6.45, 7) is 5.97. The van der Waals surface area contributed by atoms with Crippen LogP contribution in [0, 0.1) is 5.82 Å². The highest BCUT2D eigenvalue weighted by molar-refractivity contribution is 6.31. The van der Waals surface area contributed by atoms with Gasteiger partial charge in [-0.3, -0.25) is 9.88 Å². The van der Waals surface area contributed by atoms with E-state index in [1.54, 1.807) is 17.2 Å². The Labute approximate surface area is 150 Å². The number of rotatable bonds is 0. The SMILES string of the molecule is CC(C)(C)OC(=O)N1Cc2c(cnc3c(F)cc(Cl)cc23)CC12CC2. The number of carbonyl (C=O) groups excluding carboxylic acids is 1. The highest BCUT2D eigenvalue weighted by atomic mass is 35.5. The van der Waals surface area contributed by atoms with Gasteiger partial charge < -0.3 is 4.74 Å². The van der Waals surface area contributed by atoms with E-state index in [0.717, 1.165) is 30.4 Å². The fourth-order valence-corrected chi connectivity index (χ4v) is 3.81. The minimum atomic E-state index is -0.552. The van der Waals surface area contributed by atoms with Crippen LogP contribution in [-0.2, 0) is 17.7 Å². The van der Waals surface area contributed by atoms with Gasteiger partial charge in [0.05, 0.1) is 12.1 Å². The molecule has 1 amide bonds. The molecule has 0 saturated heterocycles. The fourth-order valence-electron chi connectivity index (χ4n) is 3.60. The van der Waals surface area contributed by atoms with Gasteiger partial charge in [-0.1, -0.05) is 11.6 Å². The molecule has 1 aromatic carbocycles. The molecular formula is C19H20ClFN2O2. The van der Waals surface area contributed by atoms with Crippen LogP contribution < -0.4 is 0 Å². The minimum Gasteiger partial charge on any atom is -0.444 e. The normalized spacial score (nSPS) is 18.4. The number of carbonyl (C=O) groups is 1. The van der Waals surface area contributed by atoms with Gasteiger partial charge >= 0.3 is 6.09 Å². The summed E-state index contributed by atoms with van der Waals surface area (Å²) < 4.78 is 19.8. The summed E-state index contributed by atoms with van der Waals surface area (Å²) in [5.41, 5.74) is 1.53. The average molecular weight is 363 g/mol. The van der Waals surface area contributed by atoms with Crippen LogP contribution in [0.1, 0.15) is 44.7 Å². The topological polar surface area (TPSA) is 42.4 Å². The lowest BCUT2D eigenvalue weighted by Crippen LogP contribution is -2.48. The Morgan fingerprint density at radius 3 is 2.72 bits per heavy atom. The quantitative estimate of drug-likeness (QED) is 0.672. The van der Waals surface area contributed by atoms with Crippen LogP contribution in [0.2, 0.25) is 5.02 Å². The lowest BCUT2D eigenvalue weighted by Gasteiger charge is -2.38. The van der Waals surface area contributed by atoms with Crippen molar-refractivity contribution in [3.8, 4) is 0 Å². The largest absolute Gasteiger partial charge is 0.444 e. The number of hydrogen-bond acceptors (Lipinski definition) is 3. The third-order valence-corrected chi connectivity index (χ3v) is 5.16. The Morgan fingerprint density at radius 2 is 2.08 bits per heavy atom. The molecule has 1 aromatic heterocycles. The van der Waals surface area contributed by atoms with Gasteiger partial charge in [-0.25, -0.2) is 9.18 Å². The summed E-state index contributed by atoms with van der Waals surface area (Å²) in [5.74, 6) is -0.444. The summed E-state index contributed by atoms with van der Waals surface area (Å²) in [6.07, 6.45) is 4.05. The minimum absolute atomic E-state index is 0.179. The first-order chi connectivity index (χ1) is 11.7. The lowest BCUT2D eigenvalue weighted by molar-refractivity contribution is 0.00844. The number of halogens is 2. The number of ether oxygens (including phenoxy) is 1. The lowest BCUT2D eigenvalue weighted by atomic mass is 9.91. The van der Waals surface area contributed by atoms with E-state index >= 15 is 0 Å². The maximum Gasteiger partial charge on any atom is 0.411 e. The molecule has 1 aliphatic carbocycles. The van der Waals surface area contributed by atoms with E-state index in [9.17, 15) is 9.18 Å². The molecule has 132 valence electrons. The number of hydrogen-bond donors (Lipinski definition) is 0. The van der Waals surface area contributed by atoms with E-state index in [4.69, 9.17) is 16.3 Å². The van der Waals surface area contributed by atoms with Gasteiger partial charge in [-0.15, -0.1) is 0 Å². The van der Waals surface area contributed by atoms with Crippen LogP contribution in [-0.4, -0.2) is 27.1 Å². The van der Waals surface area contributed by atoms with E-state index in [1.807, 2.05) is 20.8 Å². The molecule has 1 fully saturated rings. The van der Waals surface area contributed by atoms with Crippen molar-refractivity contribution < 1.29 is 13.9 Å². The van der Waals surface area contributed by atoms with Crippen LogP contribution in [0.25, 0.3) is 10.9 Å². The van der Waals surface area contributed by atoms with Crippen LogP contribution in [0.4, 0.5) is 9.18 Å². The Morgan fingerprint density at radius 1 is 1.36 bits per heavy atom. The second-order valence-corrected chi connectivity index (χ2v) is 8.45. The monoisotopic (exact) mass is 362 g/mol. The molecule has 1 spiro atoms. The Bertz CT molecular complexity index is 887. The molecule has 4 rings (SSSR count). The molecule has 2 aromatic rings. The molecule has 0 radical (unpaired) electrons. The number of fused-ring (bicyclic) bond motifs is 3. The Kier molecular flexibility index (Phi) is 3.52. The van der Waals surface area contributed by atoms with E-state index < -0.39 is 11.4 Å². The first kappa shape index (κ1) is 16.6. The zero-order chi connectivity index (χ0) is 18.0. The van der Waals surface area contributed by atoms with Gasteiger partial charge in [0.1, 0.15) is 11.1 Å². The number of benzene rings is 1. The molecule has 0 unspecified atom stereocenters. The van der Waals surface area contributed by atoms with E-state index in [0.29, 0.717) is 22.5 Å². The van der Waals surface area contributed by atoms with E-state index in [1.165, 1.54) is 6.07 Å². The van der Waals surface area contributed by atoms with E-state index in [-0.39, 0.29) is 11.6 Å². The van der Waals surface area contributed by atoms with Crippen molar-refractivity contribution in [2.24, 2.45) is 0 Å². The standard InChI is InChI=1S/C19H20ClFN2O2/c1-18(2,3)25-17(24)23-10-14-11(8-19(23)4-5-19)9-22-16-13(14)6-12(20)7-15(16)21/h6-7,9H,4-5,8,10H2,1-3H3. The second kappa shape index (κ2) is 5.31. The summed E-state index contributed by atoms with van der Waals surface area (Å²) in [4.78, 5) is 18.8. The van der Waals surface area contributed by atoms with Crippen molar-refractivity contribution in [2.75, 3.05) is 0 Å². The molecule has 2 heterocycles. The molecule has 0 atom stereocenters. The van der Waals surface area contributed by atoms with E-state index in [2.05, 4.69) is 4.98 Å². The number of amides is 1. The average Bonchev–Trinajstić information content (AvgIpc) is 3.23. The van der Waals surface area contributed by atoms with Gasteiger partial charge in [0.15, 0.2) is 5.82 Å². The van der Waals surface area contributed by atoms with Gasteiger partial charge in [-0.2, -0.15) is 0 Å². The number of aromatic nitrogens is 1. The number of nitrogens with zero attached hydrogens (tertiary/aromatic N) is 2. The predicted octanol–water partition coefficient (Wildman–Crippen LogP) is 4.85. The molecule has 0 bridgehead atoms. The zero-order valence-corrected chi connectivity index (χ0v) is 15.3. The smallest absolute Gasteiger partial charge is 0.411 e. The molecular weight excluding hydrogens is 343 g/mol. The first-order valence-electron chi connectivity index (χ1n) is 8.45. The van der Waals surface area contributed by atoms with Crippen LogP contribution in [0.3, 0.4) is 0 Å². The molecule has 6 heteroatoms. The molecule has 0 N–H and O–H groups in total. The summed E-state index contributed by atoms with van der Waals surface area (Å²) in [7, 11) is 0. The van der Waals surface area contributed by atoms with Crippen molar-refractivity contribution in [1.82, 2.24) is 9.88 Å². The summed E-state index contributed by atoms with van der Waals surface area (Å²) in [6, 6.07) is 2.99. The highest BCUT2D eigenvalue weighted by Crippen LogP contribution is 2.50. The predicted molar refractivity (Wildman–Crippen MR) is 94.2 cm³/mol. The van der Waals surface area contributed by atoms with Gasteiger partial charge in [0, 0.05) is 16.6 Å². The zero-order valence-electron chi connectivity index (χ0n) is 14.5. The second-order valence-electron chi connectivity index (χ2n) is 8.01. The third kappa shape index (κ3) is 2.84. The Balaban J connectivity index is 1.79. The maximum absolute atomic E-state index is 14.2. The van der Waals surface area contributed by atoms with Crippen LogP contribution in [0.15, 0.2) is 18.3 Å². The van der Waals surface area contributed by atoms with Gasteiger partial charge in [0.25, 0.3) is 0 Å². The van der Waals surface area contributed by atoms with Crippen molar-refractivity contribution in [3.05, 3.63) is 40.3 Å². The molecule has 4 nitrogen and oxygen atoms in total. The number of pyridine rings is 1. The highest BCUT2D eigenvalue weighted by Gasteiger charge is 2.53. The van der Waals surface area contributed by atoms with Crippen LogP contribution in [0.5, 0.6) is 0 Å². The molecule has 25 heavy (non-hydrogen) atoms. The van der Waals surface area contributed by atoms with Gasteiger partial charge in [0.2, 0.25) is 0 Å². The van der Waals surface area contributed by atoms with Crippen molar-refractivity contribution >= 4 is 28.6 Å². The van der Waals surface area contributed by atoms with Crippen LogP contribution >= 0.6 is 11.6 Å². The summed E-state index contributed by atoms with van der Waals surface area (Å²) >= 11 is 6.05. The first-order valence-corrected chi connectivity index (χ1v) is 8.82. The van der Waals surface area contributed by atoms with Crippen molar-refractivity contribution in [3.63, 3.8) is 0 Å². The van der Waals surface area contributed by atoms with Crippen molar-refractivity contribution in [1.29, 1.82) is 0 Å². The third-order valence-electron chi connectivity index (χ3n) is 4.94. The van der Waals surface area contributed by atoms with Gasteiger partial charge in [-0.05, 0) is 63.3 Å². The maximum atomic E-state index is 14.2. The molecule has 1 saturated carbocycles. The molecule has 2 aliphatic rings. The Hall–Kier alpha value is -1.88.